The lowest BCUT2D eigenvalue weighted by Gasteiger charge is -2.28. The minimum absolute atomic E-state index is 0.0525. The average molecular weight is 544 g/mol. The van der Waals surface area contributed by atoms with Crippen molar-refractivity contribution in [2.45, 2.75) is 39.3 Å². The van der Waals surface area contributed by atoms with Crippen LogP contribution in [-0.4, -0.2) is 32.0 Å². The number of carbonyl (C=O) groups is 1. The van der Waals surface area contributed by atoms with Gasteiger partial charge in [-0.2, -0.15) is 0 Å². The molecule has 5 rings (SSSR count). The first kappa shape index (κ1) is 25.9. The van der Waals surface area contributed by atoms with E-state index in [1.807, 2.05) is 73.7 Å². The van der Waals surface area contributed by atoms with Gasteiger partial charge in [0.25, 0.3) is 0 Å². The first-order chi connectivity index (χ1) is 18.3. The molecule has 38 heavy (non-hydrogen) atoms. The molecule has 0 radical (unpaired) electrons. The van der Waals surface area contributed by atoms with Gasteiger partial charge in [-0.15, -0.1) is 0 Å². The summed E-state index contributed by atoms with van der Waals surface area (Å²) < 4.78 is 2.23. The molecule has 1 amide bonds. The molecule has 0 aliphatic carbocycles. The summed E-state index contributed by atoms with van der Waals surface area (Å²) in [4.78, 5) is 19.6. The van der Waals surface area contributed by atoms with Gasteiger partial charge in [-0.3, -0.25) is 9.78 Å². The highest BCUT2D eigenvalue weighted by molar-refractivity contribution is 7.80. The average Bonchev–Trinajstić information content (AvgIpc) is 3.39. The molecule has 1 aliphatic heterocycles. The summed E-state index contributed by atoms with van der Waals surface area (Å²) in [7, 11) is 0. The van der Waals surface area contributed by atoms with Gasteiger partial charge >= 0.3 is 0 Å². The Morgan fingerprint density at radius 1 is 1.05 bits per heavy atom. The lowest BCUT2D eigenvalue weighted by molar-refractivity contribution is -0.116. The van der Waals surface area contributed by atoms with E-state index in [-0.39, 0.29) is 18.0 Å². The predicted octanol–water partition coefficient (Wildman–Crippen LogP) is 6.45. The molecule has 6 nitrogen and oxygen atoms in total. The van der Waals surface area contributed by atoms with Crippen molar-refractivity contribution in [1.82, 2.24) is 19.8 Å². The monoisotopic (exact) mass is 543 g/mol. The van der Waals surface area contributed by atoms with Crippen LogP contribution in [0.1, 0.15) is 46.7 Å². The van der Waals surface area contributed by atoms with Crippen LogP contribution >= 0.6 is 23.8 Å². The Kier molecular flexibility index (Phi) is 7.49. The number of amides is 1. The quantitative estimate of drug-likeness (QED) is 0.262. The highest BCUT2D eigenvalue weighted by Gasteiger charge is 2.41. The standard InChI is InChI=1S/C30H30ClN5OS/c1-19-7-11-23(12-8-19)33-27(37)15-17-35-29(28(34-30(35)38)26-6-4-5-16-32-26)25-18-20(2)36(21(25)3)24-13-9-22(31)10-14-24/h4-14,16,18,28-29H,15,17H2,1-3H3,(H,33,37)(H,34,38)/t28-,29-/m0/s1. The second-order valence-electron chi connectivity index (χ2n) is 9.62. The number of hydrogen-bond donors (Lipinski definition) is 2. The van der Waals surface area contributed by atoms with E-state index in [9.17, 15) is 4.79 Å². The fourth-order valence-corrected chi connectivity index (χ4v) is 5.60. The second kappa shape index (κ2) is 11.0. The van der Waals surface area contributed by atoms with Crippen LogP contribution in [0, 0.1) is 20.8 Å². The maximum atomic E-state index is 12.9. The van der Waals surface area contributed by atoms with Gasteiger partial charge in [0.2, 0.25) is 5.91 Å². The molecule has 1 fully saturated rings. The van der Waals surface area contributed by atoms with Gasteiger partial charge < -0.3 is 20.1 Å². The third-order valence-electron chi connectivity index (χ3n) is 6.99. The van der Waals surface area contributed by atoms with Crippen molar-refractivity contribution in [2.75, 3.05) is 11.9 Å². The summed E-state index contributed by atoms with van der Waals surface area (Å²) in [5.41, 5.74) is 7.24. The van der Waals surface area contributed by atoms with Crippen molar-refractivity contribution in [2.24, 2.45) is 0 Å². The zero-order valence-electron chi connectivity index (χ0n) is 21.6. The lowest BCUT2D eigenvalue weighted by atomic mass is 9.96. The maximum Gasteiger partial charge on any atom is 0.226 e. The van der Waals surface area contributed by atoms with Crippen molar-refractivity contribution in [3.63, 3.8) is 0 Å². The van der Waals surface area contributed by atoms with Crippen LogP contribution in [0.4, 0.5) is 5.69 Å². The molecular formula is C30H30ClN5OS. The normalized spacial score (nSPS) is 16.9. The smallest absolute Gasteiger partial charge is 0.226 e. The van der Waals surface area contributed by atoms with Crippen molar-refractivity contribution in [1.29, 1.82) is 0 Å². The maximum absolute atomic E-state index is 12.9. The number of benzene rings is 2. The second-order valence-corrected chi connectivity index (χ2v) is 10.4. The minimum Gasteiger partial charge on any atom is -0.352 e. The molecular weight excluding hydrogens is 514 g/mol. The first-order valence-corrected chi connectivity index (χ1v) is 13.4. The van der Waals surface area contributed by atoms with Gasteiger partial charge in [0.15, 0.2) is 5.11 Å². The number of aryl methyl sites for hydroxylation is 2. The number of anilines is 1. The molecule has 2 N–H and O–H groups in total. The summed E-state index contributed by atoms with van der Waals surface area (Å²) in [5, 5.41) is 7.80. The van der Waals surface area contributed by atoms with Crippen LogP contribution in [0.25, 0.3) is 5.69 Å². The lowest BCUT2D eigenvalue weighted by Crippen LogP contribution is -2.32. The summed E-state index contributed by atoms with van der Waals surface area (Å²) in [5.74, 6) is -0.0525. The number of carbonyl (C=O) groups excluding carboxylic acids is 1. The van der Waals surface area contributed by atoms with Gasteiger partial charge in [0, 0.05) is 46.9 Å². The molecule has 1 saturated heterocycles. The van der Waals surface area contributed by atoms with Crippen LogP contribution in [-0.2, 0) is 4.79 Å². The Bertz CT molecular complexity index is 1450. The molecule has 0 bridgehead atoms. The summed E-state index contributed by atoms with van der Waals surface area (Å²) in [6, 6.07) is 23.5. The van der Waals surface area contributed by atoms with E-state index in [1.54, 1.807) is 6.20 Å². The van der Waals surface area contributed by atoms with E-state index in [4.69, 9.17) is 23.8 Å². The number of halogens is 1. The van der Waals surface area contributed by atoms with E-state index in [1.165, 1.54) is 0 Å². The van der Waals surface area contributed by atoms with Gasteiger partial charge in [-0.25, -0.2) is 0 Å². The van der Waals surface area contributed by atoms with Crippen LogP contribution in [0.3, 0.4) is 0 Å². The zero-order chi connectivity index (χ0) is 26.8. The summed E-state index contributed by atoms with van der Waals surface area (Å²) >= 11 is 12.0. The number of thiocarbonyl (C=S) groups is 1. The first-order valence-electron chi connectivity index (χ1n) is 12.6. The highest BCUT2D eigenvalue weighted by atomic mass is 35.5. The fourth-order valence-electron chi connectivity index (χ4n) is 5.14. The Morgan fingerprint density at radius 2 is 1.79 bits per heavy atom. The van der Waals surface area contributed by atoms with Gasteiger partial charge in [0.05, 0.1) is 17.8 Å². The van der Waals surface area contributed by atoms with Crippen molar-refractivity contribution < 1.29 is 4.79 Å². The summed E-state index contributed by atoms with van der Waals surface area (Å²) in [6.07, 6.45) is 2.10. The van der Waals surface area contributed by atoms with E-state index in [0.29, 0.717) is 23.1 Å². The Balaban J connectivity index is 1.46. The van der Waals surface area contributed by atoms with Crippen molar-refractivity contribution in [3.8, 4) is 5.69 Å². The fraction of sp³-hybridized carbons (Fsp3) is 0.233. The van der Waals surface area contributed by atoms with E-state index >= 15 is 0 Å². The van der Waals surface area contributed by atoms with Crippen molar-refractivity contribution in [3.05, 3.63) is 112 Å². The molecule has 2 atom stereocenters. The molecule has 8 heteroatoms. The van der Waals surface area contributed by atoms with Crippen LogP contribution in [0.5, 0.6) is 0 Å². The number of nitrogens with zero attached hydrogens (tertiary/aromatic N) is 3. The molecule has 2 aromatic carbocycles. The van der Waals surface area contributed by atoms with E-state index in [2.05, 4.69) is 45.0 Å². The number of nitrogens with one attached hydrogen (secondary N) is 2. The molecule has 1 aliphatic rings. The Morgan fingerprint density at radius 3 is 2.47 bits per heavy atom. The minimum atomic E-state index is -0.150. The topological polar surface area (TPSA) is 62.2 Å². The van der Waals surface area contributed by atoms with E-state index in [0.717, 1.165) is 39.6 Å². The third kappa shape index (κ3) is 5.30. The van der Waals surface area contributed by atoms with Crippen LogP contribution in [0.2, 0.25) is 5.02 Å². The van der Waals surface area contributed by atoms with Gasteiger partial charge in [-0.05, 0) is 93.1 Å². The predicted molar refractivity (Wildman–Crippen MR) is 157 cm³/mol. The third-order valence-corrected chi connectivity index (χ3v) is 7.59. The molecule has 4 aromatic rings. The molecule has 0 unspecified atom stereocenters. The summed E-state index contributed by atoms with van der Waals surface area (Å²) in [6.45, 7) is 6.72. The molecule has 0 spiro atoms. The Labute approximate surface area is 233 Å². The molecule has 3 heterocycles. The number of aromatic nitrogens is 2. The SMILES string of the molecule is Cc1ccc(NC(=O)CCN2C(=S)N[C@@H](c3ccccn3)[C@@H]2c2cc(C)n(-c3ccc(Cl)cc3)c2C)cc1. The number of pyridine rings is 1. The molecule has 2 aromatic heterocycles. The van der Waals surface area contributed by atoms with E-state index < -0.39 is 0 Å². The highest BCUT2D eigenvalue weighted by Crippen LogP contribution is 2.41. The van der Waals surface area contributed by atoms with Crippen LogP contribution < -0.4 is 10.6 Å². The van der Waals surface area contributed by atoms with Gasteiger partial charge in [0.1, 0.15) is 0 Å². The number of rotatable bonds is 7. The number of hydrogen-bond acceptors (Lipinski definition) is 3. The van der Waals surface area contributed by atoms with Crippen molar-refractivity contribution >= 4 is 40.5 Å². The molecule has 194 valence electrons. The van der Waals surface area contributed by atoms with Gasteiger partial charge in [-0.1, -0.05) is 35.4 Å². The Hall–Kier alpha value is -3.68. The zero-order valence-corrected chi connectivity index (χ0v) is 23.2. The largest absolute Gasteiger partial charge is 0.352 e. The van der Waals surface area contributed by atoms with Crippen LogP contribution in [0.15, 0.2) is 79.0 Å². The molecule has 0 saturated carbocycles.